The minimum Gasteiger partial charge on any atom is -0.481 e. The molecule has 1 atom stereocenters. The Morgan fingerprint density at radius 3 is 2.61 bits per heavy atom. The molecular formula is C25H21BrClNO3. The summed E-state index contributed by atoms with van der Waals surface area (Å²) in [6.07, 6.45) is 0.464. The Balaban J connectivity index is 1.59. The number of carboxylic acids is 1. The summed E-state index contributed by atoms with van der Waals surface area (Å²) in [7, 11) is 0. The van der Waals surface area contributed by atoms with Crippen LogP contribution in [0, 0.1) is 0 Å². The van der Waals surface area contributed by atoms with Crippen LogP contribution in [0.4, 0.5) is 0 Å². The van der Waals surface area contributed by atoms with Crippen LogP contribution in [0.15, 0.2) is 71.2 Å². The molecule has 0 aromatic heterocycles. The lowest BCUT2D eigenvalue weighted by Gasteiger charge is -2.20. The number of likely N-dealkylation sites (tertiary alicyclic amines) is 1. The van der Waals surface area contributed by atoms with Crippen molar-refractivity contribution in [2.45, 2.75) is 25.3 Å². The molecular weight excluding hydrogens is 478 g/mol. The number of carbonyl (C=O) groups is 2. The molecule has 6 heteroatoms. The van der Waals surface area contributed by atoms with Gasteiger partial charge in [-0.3, -0.25) is 9.59 Å². The Morgan fingerprint density at radius 1 is 1.10 bits per heavy atom. The van der Waals surface area contributed by atoms with Crippen LogP contribution in [-0.4, -0.2) is 28.4 Å². The van der Waals surface area contributed by atoms with Crippen LogP contribution in [0.5, 0.6) is 0 Å². The van der Waals surface area contributed by atoms with Crippen LogP contribution >= 0.6 is 27.5 Å². The van der Waals surface area contributed by atoms with Crippen LogP contribution in [0.25, 0.3) is 11.1 Å². The lowest BCUT2D eigenvalue weighted by molar-refractivity contribution is -0.136. The van der Waals surface area contributed by atoms with E-state index in [1.54, 1.807) is 0 Å². The Bertz CT molecular complexity index is 1130. The number of nitrogens with zero attached hydrogens (tertiary/aromatic N) is 1. The highest BCUT2D eigenvalue weighted by molar-refractivity contribution is 9.10. The third kappa shape index (κ3) is 5.17. The minimum absolute atomic E-state index is 0.0207. The second kappa shape index (κ2) is 9.25. The molecule has 1 aliphatic heterocycles. The van der Waals surface area contributed by atoms with Crippen molar-refractivity contribution >= 4 is 39.4 Å². The summed E-state index contributed by atoms with van der Waals surface area (Å²) in [4.78, 5) is 25.8. The van der Waals surface area contributed by atoms with Crippen molar-refractivity contribution in [3.63, 3.8) is 0 Å². The number of hydrogen-bond acceptors (Lipinski definition) is 2. The summed E-state index contributed by atoms with van der Waals surface area (Å²) in [5.41, 5.74) is 4.84. The van der Waals surface area contributed by atoms with Gasteiger partial charge in [0.15, 0.2) is 0 Å². The van der Waals surface area contributed by atoms with Gasteiger partial charge in [0.2, 0.25) is 5.91 Å². The van der Waals surface area contributed by atoms with Gasteiger partial charge in [-0.05, 0) is 52.1 Å². The number of carboxylic acid groups (broad SMARTS) is 1. The van der Waals surface area contributed by atoms with Crippen LogP contribution in [-0.2, 0) is 22.6 Å². The van der Waals surface area contributed by atoms with Crippen molar-refractivity contribution in [3.8, 4) is 11.1 Å². The summed E-state index contributed by atoms with van der Waals surface area (Å²) < 4.78 is 0.939. The zero-order valence-electron chi connectivity index (χ0n) is 16.7. The van der Waals surface area contributed by atoms with E-state index in [4.69, 9.17) is 16.7 Å². The number of aliphatic carboxylic acids is 1. The predicted octanol–water partition coefficient (Wildman–Crippen LogP) is 5.91. The van der Waals surface area contributed by atoms with Gasteiger partial charge in [-0.15, -0.1) is 0 Å². The van der Waals surface area contributed by atoms with Crippen LogP contribution < -0.4 is 0 Å². The first-order chi connectivity index (χ1) is 14.9. The second-order valence-corrected chi connectivity index (χ2v) is 9.15. The second-order valence-electron chi connectivity index (χ2n) is 7.80. The topological polar surface area (TPSA) is 57.6 Å². The van der Waals surface area contributed by atoms with Gasteiger partial charge in [-0.25, -0.2) is 0 Å². The molecule has 3 aromatic rings. The van der Waals surface area contributed by atoms with Crippen molar-refractivity contribution in [2.75, 3.05) is 6.54 Å². The number of halogens is 2. The number of amides is 1. The summed E-state index contributed by atoms with van der Waals surface area (Å²) in [5, 5.41) is 9.80. The van der Waals surface area contributed by atoms with Gasteiger partial charge in [-0.2, -0.15) is 0 Å². The third-order valence-electron chi connectivity index (χ3n) is 5.58. The average Bonchev–Trinajstić information content (AvgIpc) is 3.08. The summed E-state index contributed by atoms with van der Waals surface area (Å²) in [6.45, 7) is 1.16. The molecule has 0 saturated carbocycles. The highest BCUT2D eigenvalue weighted by Crippen LogP contribution is 2.33. The van der Waals surface area contributed by atoms with Gasteiger partial charge in [-0.1, -0.05) is 70.0 Å². The normalized spacial score (nSPS) is 16.0. The van der Waals surface area contributed by atoms with E-state index in [2.05, 4.69) is 15.9 Å². The molecule has 0 aliphatic carbocycles. The molecule has 1 unspecified atom stereocenters. The highest BCUT2D eigenvalue weighted by Gasteiger charge is 2.31. The van der Waals surface area contributed by atoms with E-state index in [1.165, 1.54) is 0 Å². The Hall–Kier alpha value is -2.63. The monoisotopic (exact) mass is 497 g/mol. The minimum atomic E-state index is -0.857. The maximum absolute atomic E-state index is 12.8. The van der Waals surface area contributed by atoms with E-state index >= 15 is 0 Å². The van der Waals surface area contributed by atoms with Crippen molar-refractivity contribution in [3.05, 3.63) is 92.9 Å². The number of rotatable bonds is 6. The number of hydrogen-bond donors (Lipinski definition) is 1. The molecule has 1 N–H and O–H groups in total. The summed E-state index contributed by atoms with van der Waals surface area (Å²) in [5.74, 6) is -0.575. The average molecular weight is 499 g/mol. The van der Waals surface area contributed by atoms with E-state index in [9.17, 15) is 9.59 Å². The molecule has 1 heterocycles. The van der Waals surface area contributed by atoms with E-state index in [0.717, 1.165) is 32.3 Å². The van der Waals surface area contributed by atoms with E-state index < -0.39 is 5.97 Å². The fraction of sp³-hybridized carbons (Fsp3) is 0.200. The van der Waals surface area contributed by atoms with Gasteiger partial charge in [0.1, 0.15) is 0 Å². The molecule has 1 fully saturated rings. The van der Waals surface area contributed by atoms with Gasteiger partial charge < -0.3 is 10.0 Å². The fourth-order valence-electron chi connectivity index (χ4n) is 4.09. The molecule has 0 radical (unpaired) electrons. The molecule has 4 nitrogen and oxygen atoms in total. The van der Waals surface area contributed by atoms with E-state index in [-0.39, 0.29) is 18.2 Å². The summed E-state index contributed by atoms with van der Waals surface area (Å²) in [6, 6.07) is 21.3. The summed E-state index contributed by atoms with van der Waals surface area (Å²) >= 11 is 9.54. The molecule has 1 amide bonds. The number of benzene rings is 3. The van der Waals surface area contributed by atoms with Gasteiger partial charge in [0.25, 0.3) is 0 Å². The SMILES string of the molecule is O=C(O)Cc1cccc(-c2ccc(Br)cc2CN2CC(c3ccc(Cl)cc3)CC2=O)c1. The first-order valence-electron chi connectivity index (χ1n) is 10.0. The molecule has 1 saturated heterocycles. The third-order valence-corrected chi connectivity index (χ3v) is 6.32. The molecule has 0 bridgehead atoms. The lowest BCUT2D eigenvalue weighted by Crippen LogP contribution is -2.24. The molecule has 31 heavy (non-hydrogen) atoms. The van der Waals surface area contributed by atoms with E-state index in [0.29, 0.717) is 24.5 Å². The zero-order valence-corrected chi connectivity index (χ0v) is 19.1. The quantitative estimate of drug-likeness (QED) is 0.459. The first kappa shape index (κ1) is 21.6. The molecule has 158 valence electrons. The Kier molecular flexibility index (Phi) is 6.44. The van der Waals surface area contributed by atoms with Crippen LogP contribution in [0.1, 0.15) is 29.0 Å². The van der Waals surface area contributed by atoms with E-state index in [1.807, 2.05) is 71.6 Å². The molecule has 0 spiro atoms. The van der Waals surface area contributed by atoms with Crippen molar-refractivity contribution in [2.24, 2.45) is 0 Å². The smallest absolute Gasteiger partial charge is 0.307 e. The Labute approximate surface area is 194 Å². The first-order valence-corrected chi connectivity index (χ1v) is 11.2. The number of carbonyl (C=O) groups excluding carboxylic acids is 1. The predicted molar refractivity (Wildman–Crippen MR) is 125 cm³/mol. The molecule has 3 aromatic carbocycles. The standard InChI is InChI=1S/C25H21BrClNO3/c26-21-6-9-23(18-3-1-2-16(10-18)11-25(30)31)20(12-21)15-28-14-19(13-24(28)29)17-4-7-22(27)8-5-17/h1-10,12,19H,11,13-15H2,(H,30,31). The maximum Gasteiger partial charge on any atom is 0.307 e. The van der Waals surface area contributed by atoms with Crippen molar-refractivity contribution in [1.82, 2.24) is 4.90 Å². The fourth-order valence-corrected chi connectivity index (χ4v) is 4.62. The Morgan fingerprint density at radius 2 is 1.87 bits per heavy atom. The maximum atomic E-state index is 12.8. The molecule has 4 rings (SSSR count). The van der Waals surface area contributed by atoms with Gasteiger partial charge >= 0.3 is 5.97 Å². The van der Waals surface area contributed by atoms with Crippen LogP contribution in [0.2, 0.25) is 5.02 Å². The lowest BCUT2D eigenvalue weighted by atomic mass is 9.97. The highest BCUT2D eigenvalue weighted by atomic mass is 79.9. The largest absolute Gasteiger partial charge is 0.481 e. The van der Waals surface area contributed by atoms with Gasteiger partial charge in [0.05, 0.1) is 6.42 Å². The van der Waals surface area contributed by atoms with Crippen molar-refractivity contribution < 1.29 is 14.7 Å². The van der Waals surface area contributed by atoms with Crippen molar-refractivity contribution in [1.29, 1.82) is 0 Å². The van der Waals surface area contributed by atoms with Gasteiger partial charge in [0, 0.05) is 34.9 Å². The zero-order chi connectivity index (χ0) is 22.0. The van der Waals surface area contributed by atoms with Crippen LogP contribution in [0.3, 0.4) is 0 Å². The molecule has 1 aliphatic rings.